The summed E-state index contributed by atoms with van der Waals surface area (Å²) in [6.45, 7) is 14.7. The Morgan fingerprint density at radius 1 is 1.05 bits per heavy atom. The fourth-order valence-electron chi connectivity index (χ4n) is 3.57. The molecule has 0 unspecified atom stereocenters. The molecular formula is C17H28BrClOSi. The van der Waals surface area contributed by atoms with Gasteiger partial charge in [-0.1, -0.05) is 69.1 Å². The number of hydrogen-bond donors (Lipinski definition) is 0. The molecule has 0 aliphatic heterocycles. The molecule has 21 heavy (non-hydrogen) atoms. The Hall–Kier alpha value is 0.167. The van der Waals surface area contributed by atoms with Crippen LogP contribution in [0.2, 0.25) is 21.6 Å². The predicted molar refractivity (Wildman–Crippen MR) is 99.9 cm³/mol. The van der Waals surface area contributed by atoms with E-state index in [1.165, 1.54) is 0 Å². The monoisotopic (exact) mass is 390 g/mol. The first-order valence-electron chi connectivity index (χ1n) is 7.79. The number of halogens is 2. The lowest BCUT2D eigenvalue weighted by atomic mass is 10.2. The van der Waals surface area contributed by atoms with Crippen LogP contribution in [0.1, 0.15) is 47.1 Å². The summed E-state index contributed by atoms with van der Waals surface area (Å²) in [6, 6.07) is 6.01. The summed E-state index contributed by atoms with van der Waals surface area (Å²) in [5, 5.41) is 0.827. The molecule has 0 aromatic heterocycles. The van der Waals surface area contributed by atoms with Crippen LogP contribution in [0.25, 0.3) is 0 Å². The average Bonchev–Trinajstić information content (AvgIpc) is 2.37. The molecule has 1 aromatic rings. The van der Waals surface area contributed by atoms with Crippen LogP contribution in [0.15, 0.2) is 22.7 Å². The first kappa shape index (κ1) is 19.2. The molecule has 4 heteroatoms. The molecule has 120 valence electrons. The van der Waals surface area contributed by atoms with E-state index in [0.29, 0.717) is 16.6 Å². The van der Waals surface area contributed by atoms with Crippen molar-refractivity contribution in [1.29, 1.82) is 0 Å². The highest BCUT2D eigenvalue weighted by Gasteiger charge is 2.44. The summed E-state index contributed by atoms with van der Waals surface area (Å²) in [6.07, 6.45) is 0.874. The van der Waals surface area contributed by atoms with Crippen LogP contribution in [0.4, 0.5) is 0 Å². The van der Waals surface area contributed by atoms with E-state index in [9.17, 15) is 0 Å². The fraction of sp³-hybridized carbons (Fsp3) is 0.647. The molecule has 0 N–H and O–H groups in total. The molecule has 0 spiro atoms. The minimum Gasteiger partial charge on any atom is -0.416 e. The second-order valence-electron chi connectivity index (χ2n) is 6.65. The molecule has 1 rings (SSSR count). The first-order chi connectivity index (χ1) is 9.71. The van der Waals surface area contributed by atoms with Crippen LogP contribution in [-0.4, -0.2) is 14.9 Å². The largest absolute Gasteiger partial charge is 0.416 e. The van der Waals surface area contributed by atoms with E-state index in [2.05, 4.69) is 63.5 Å². The zero-order valence-corrected chi connectivity index (χ0v) is 17.4. The third-order valence-electron chi connectivity index (χ3n) is 4.44. The van der Waals surface area contributed by atoms with Gasteiger partial charge in [0, 0.05) is 16.1 Å². The minimum atomic E-state index is -1.77. The maximum Gasteiger partial charge on any atom is 0.200 e. The summed E-state index contributed by atoms with van der Waals surface area (Å²) in [5.41, 5.74) is 3.02. The zero-order chi connectivity index (χ0) is 16.2. The molecule has 0 amide bonds. The predicted octanol–water partition coefficient (Wildman–Crippen LogP) is 6.84. The Balaban J connectivity index is 2.81. The van der Waals surface area contributed by atoms with Gasteiger partial charge >= 0.3 is 0 Å². The lowest BCUT2D eigenvalue weighted by molar-refractivity contribution is 0.281. The van der Waals surface area contributed by atoms with Crippen molar-refractivity contribution < 1.29 is 4.43 Å². The van der Waals surface area contributed by atoms with Crippen molar-refractivity contribution in [3.05, 3.63) is 33.3 Å². The van der Waals surface area contributed by atoms with Crippen LogP contribution in [0.5, 0.6) is 0 Å². The molecule has 0 atom stereocenters. The molecule has 0 heterocycles. The zero-order valence-electron chi connectivity index (χ0n) is 14.0. The topological polar surface area (TPSA) is 9.23 Å². The van der Waals surface area contributed by atoms with E-state index in [4.69, 9.17) is 16.0 Å². The van der Waals surface area contributed by atoms with Crippen molar-refractivity contribution >= 4 is 35.8 Å². The minimum absolute atomic E-state index is 0.621. The number of rotatable bonds is 7. The van der Waals surface area contributed by atoms with Crippen molar-refractivity contribution in [1.82, 2.24) is 0 Å². The van der Waals surface area contributed by atoms with E-state index in [1.54, 1.807) is 0 Å². The van der Waals surface area contributed by atoms with Crippen LogP contribution in [0.3, 0.4) is 0 Å². The van der Waals surface area contributed by atoms with Gasteiger partial charge in [0.2, 0.25) is 0 Å². The third-order valence-corrected chi connectivity index (χ3v) is 11.4. The molecule has 1 aromatic carbocycles. The second kappa shape index (κ2) is 8.14. The molecule has 0 aliphatic rings. The van der Waals surface area contributed by atoms with Gasteiger partial charge < -0.3 is 4.43 Å². The Bertz CT molecular complexity index is 438. The van der Waals surface area contributed by atoms with Crippen LogP contribution in [0, 0.1) is 0 Å². The maximum atomic E-state index is 6.58. The van der Waals surface area contributed by atoms with Gasteiger partial charge in [-0.25, -0.2) is 0 Å². The molecule has 0 aliphatic carbocycles. The van der Waals surface area contributed by atoms with Crippen LogP contribution in [-0.2, 0) is 10.8 Å². The smallest absolute Gasteiger partial charge is 0.200 e. The molecule has 0 bridgehead atoms. The Kier molecular flexibility index (Phi) is 7.45. The Morgan fingerprint density at radius 3 is 2.05 bits per heavy atom. The normalized spacial score (nSPS) is 12.7. The van der Waals surface area contributed by atoms with Crippen molar-refractivity contribution in [2.24, 2.45) is 0 Å². The van der Waals surface area contributed by atoms with E-state index < -0.39 is 8.32 Å². The van der Waals surface area contributed by atoms with Crippen molar-refractivity contribution in [3.63, 3.8) is 0 Å². The van der Waals surface area contributed by atoms with Gasteiger partial charge in [0.1, 0.15) is 0 Å². The highest BCUT2D eigenvalue weighted by molar-refractivity contribution is 9.10. The summed E-state index contributed by atoms with van der Waals surface area (Å²) < 4.78 is 7.65. The van der Waals surface area contributed by atoms with E-state index >= 15 is 0 Å². The van der Waals surface area contributed by atoms with Gasteiger partial charge in [-0.3, -0.25) is 0 Å². The summed E-state index contributed by atoms with van der Waals surface area (Å²) in [5.74, 6) is 0. The van der Waals surface area contributed by atoms with E-state index in [-0.39, 0.29) is 0 Å². The third kappa shape index (κ3) is 4.57. The lowest BCUT2D eigenvalue weighted by Crippen LogP contribution is -2.48. The van der Waals surface area contributed by atoms with Crippen molar-refractivity contribution in [2.75, 3.05) is 6.61 Å². The first-order valence-corrected chi connectivity index (χ1v) is 11.1. The van der Waals surface area contributed by atoms with Gasteiger partial charge in [-0.15, -0.1) is 0 Å². The van der Waals surface area contributed by atoms with E-state index in [0.717, 1.165) is 28.1 Å². The SMILES string of the molecule is CC(C)[Si](OCCc1cc(Br)ccc1Cl)(C(C)C)C(C)C. The fourth-order valence-corrected chi connectivity index (χ4v) is 9.65. The van der Waals surface area contributed by atoms with Gasteiger partial charge in [-0.2, -0.15) is 0 Å². The standard InChI is InChI=1S/C17H28BrClOSi/c1-12(2)21(13(3)4,14(5)6)20-10-9-15-11-16(18)7-8-17(15)19/h7-8,11-14H,9-10H2,1-6H3. The summed E-state index contributed by atoms with van der Waals surface area (Å²) in [7, 11) is -1.77. The molecule has 0 saturated heterocycles. The van der Waals surface area contributed by atoms with Crippen LogP contribution < -0.4 is 0 Å². The second-order valence-corrected chi connectivity index (χ2v) is 13.4. The molecule has 0 saturated carbocycles. The summed E-state index contributed by atoms with van der Waals surface area (Å²) >= 11 is 9.78. The average molecular weight is 392 g/mol. The summed E-state index contributed by atoms with van der Waals surface area (Å²) in [4.78, 5) is 0. The highest BCUT2D eigenvalue weighted by atomic mass is 79.9. The Labute approximate surface area is 144 Å². The molecule has 1 nitrogen and oxygen atoms in total. The Morgan fingerprint density at radius 2 is 1.57 bits per heavy atom. The van der Waals surface area contributed by atoms with Crippen molar-refractivity contribution in [3.8, 4) is 0 Å². The van der Waals surface area contributed by atoms with Gasteiger partial charge in [0.25, 0.3) is 0 Å². The van der Waals surface area contributed by atoms with Gasteiger partial charge in [0.15, 0.2) is 8.32 Å². The highest BCUT2D eigenvalue weighted by Crippen LogP contribution is 2.42. The lowest BCUT2D eigenvalue weighted by Gasteiger charge is -2.42. The van der Waals surface area contributed by atoms with Crippen LogP contribution >= 0.6 is 27.5 Å². The molecule has 0 radical (unpaired) electrons. The van der Waals surface area contributed by atoms with Crippen molar-refractivity contribution in [2.45, 2.75) is 64.6 Å². The van der Waals surface area contributed by atoms with Gasteiger partial charge in [-0.05, 0) is 46.8 Å². The molecular weight excluding hydrogens is 364 g/mol. The number of benzene rings is 1. The number of hydrogen-bond acceptors (Lipinski definition) is 1. The van der Waals surface area contributed by atoms with E-state index in [1.807, 2.05) is 12.1 Å². The maximum absolute atomic E-state index is 6.58. The van der Waals surface area contributed by atoms with Gasteiger partial charge in [0.05, 0.1) is 0 Å². The quantitative estimate of drug-likeness (QED) is 0.462. The molecule has 0 fully saturated rings.